The van der Waals surface area contributed by atoms with E-state index in [1.807, 2.05) is 0 Å². The molecule has 1 heterocycles. The lowest BCUT2D eigenvalue weighted by Crippen LogP contribution is -1.96. The van der Waals surface area contributed by atoms with E-state index in [4.69, 9.17) is 4.42 Å². The number of furan rings is 1. The Kier molecular flexibility index (Phi) is 2.88. The monoisotopic (exact) mass is 200 g/mol. The molecule has 12 heavy (non-hydrogen) atoms. The molecule has 1 nitrogen and oxygen atoms in total. The molecule has 0 spiro atoms. The summed E-state index contributed by atoms with van der Waals surface area (Å²) in [5, 5.41) is 0. The molecule has 1 aromatic rings. The summed E-state index contributed by atoms with van der Waals surface area (Å²) >= 11 is 0. The van der Waals surface area contributed by atoms with Crippen molar-refractivity contribution < 1.29 is 4.42 Å². The minimum absolute atomic E-state index is 0.350. The first kappa shape index (κ1) is 9.71. The maximum atomic E-state index is 5.67. The Morgan fingerprint density at radius 2 is 1.83 bits per heavy atom. The second-order valence-electron chi connectivity index (χ2n) is 2.97. The summed E-state index contributed by atoms with van der Waals surface area (Å²) in [7, 11) is -0.704. The Balaban J connectivity index is 3.17. The van der Waals surface area contributed by atoms with Gasteiger partial charge in [-0.15, -0.1) is 0 Å². The molecule has 3 heteroatoms. The van der Waals surface area contributed by atoms with Gasteiger partial charge in [0.1, 0.15) is 13.3 Å². The third-order valence-corrected chi connectivity index (χ3v) is 3.71. The van der Waals surface area contributed by atoms with Crippen molar-refractivity contribution in [3.05, 3.63) is 11.6 Å². The third kappa shape index (κ3) is 1.86. The van der Waals surface area contributed by atoms with Crippen molar-refractivity contribution in [2.45, 2.75) is 6.92 Å². The highest BCUT2D eigenvalue weighted by atomic mass is 31.1. The molecule has 2 atom stereocenters. The topological polar surface area (TPSA) is 13.1 Å². The fourth-order valence-electron chi connectivity index (χ4n) is 1.02. The fraction of sp³-hybridized carbons (Fsp3) is 0.333. The maximum Gasteiger partial charge on any atom is 0.308 e. The van der Waals surface area contributed by atoms with E-state index in [9.17, 15) is 0 Å². The predicted molar refractivity (Wildman–Crippen MR) is 62.6 cm³/mol. The zero-order valence-electron chi connectivity index (χ0n) is 7.79. The van der Waals surface area contributed by atoms with Gasteiger partial charge >= 0.3 is 11.0 Å². The molecule has 2 unspecified atom stereocenters. The summed E-state index contributed by atoms with van der Waals surface area (Å²) in [5.41, 5.74) is 3.33. The van der Waals surface area contributed by atoms with Crippen LogP contribution in [0.4, 0.5) is 0 Å². The van der Waals surface area contributed by atoms with Crippen molar-refractivity contribution in [3.63, 3.8) is 0 Å². The van der Waals surface area contributed by atoms with Crippen molar-refractivity contribution in [1.29, 1.82) is 0 Å². The molecule has 1 aromatic heterocycles. The first-order chi connectivity index (χ1) is 5.52. The smallest absolute Gasteiger partial charge is 0.308 e. The maximum absolute atomic E-state index is 5.67. The van der Waals surface area contributed by atoms with Crippen LogP contribution in [-0.2, 0) is 0 Å². The highest BCUT2D eigenvalue weighted by molar-refractivity contribution is 7.63. The lowest BCUT2D eigenvalue weighted by Gasteiger charge is -1.80. The largest absolute Gasteiger partial charge is 0.382 e. The Labute approximate surface area is 75.6 Å². The molecule has 0 bridgehead atoms. The van der Waals surface area contributed by atoms with Crippen LogP contribution in [0.1, 0.15) is 5.56 Å². The van der Waals surface area contributed by atoms with Gasteiger partial charge in [0.25, 0.3) is 0 Å². The summed E-state index contributed by atoms with van der Waals surface area (Å²) in [4.78, 5) is 0. The number of rotatable bonds is 2. The van der Waals surface area contributed by atoms with E-state index >= 15 is 0 Å². The molecule has 0 aliphatic heterocycles. The van der Waals surface area contributed by atoms with E-state index in [0.717, 1.165) is 11.0 Å². The van der Waals surface area contributed by atoms with Gasteiger partial charge in [0.05, 0.1) is 12.6 Å². The molecule has 0 saturated heterocycles. The number of hydrogen-bond acceptors (Lipinski definition) is 1. The standard InChI is InChI=1S/C9H14OP2/c1-7-6-8(11(2)3)10-9(7)12(4)5/h6H,2,4H2,1,3,5H3/q+2. The minimum atomic E-state index is -0.354. The van der Waals surface area contributed by atoms with Crippen LogP contribution in [0.25, 0.3) is 0 Å². The highest BCUT2D eigenvalue weighted by Crippen LogP contribution is 2.20. The van der Waals surface area contributed by atoms with Crippen molar-refractivity contribution in [2.24, 2.45) is 0 Å². The molecule has 1 rings (SSSR count). The quantitative estimate of drug-likeness (QED) is 0.665. The SMILES string of the molecule is C=[P+](C)c1cc(C)c([P+](=C)C)o1. The Morgan fingerprint density at radius 3 is 2.08 bits per heavy atom. The summed E-state index contributed by atoms with van der Waals surface area (Å²) in [6.45, 7) is 6.27. The molecular formula is C9H14OP2+2. The zero-order valence-corrected chi connectivity index (χ0v) is 9.58. The van der Waals surface area contributed by atoms with Gasteiger partial charge in [0, 0.05) is 11.6 Å². The molecule has 0 amide bonds. The first-order valence-electron chi connectivity index (χ1n) is 3.71. The first-order valence-corrected chi connectivity index (χ1v) is 7.66. The minimum Gasteiger partial charge on any atom is -0.382 e. The highest BCUT2D eigenvalue weighted by Gasteiger charge is 2.20. The Hall–Kier alpha value is -0.380. The molecule has 0 aliphatic rings. The normalized spacial score (nSPS) is 12.9. The van der Waals surface area contributed by atoms with Crippen LogP contribution < -0.4 is 11.0 Å². The number of hydrogen-bond donors (Lipinski definition) is 0. The molecule has 0 radical (unpaired) electrons. The van der Waals surface area contributed by atoms with Crippen molar-refractivity contribution in [1.82, 2.24) is 0 Å². The Morgan fingerprint density at radius 1 is 1.25 bits per heavy atom. The van der Waals surface area contributed by atoms with E-state index in [0.29, 0.717) is 0 Å². The van der Waals surface area contributed by atoms with Crippen molar-refractivity contribution >= 4 is 38.7 Å². The van der Waals surface area contributed by atoms with Gasteiger partial charge in [0.2, 0.25) is 0 Å². The second kappa shape index (κ2) is 3.56. The van der Waals surface area contributed by atoms with Crippen molar-refractivity contribution in [3.8, 4) is 0 Å². The lowest BCUT2D eigenvalue weighted by molar-refractivity contribution is 0.640. The van der Waals surface area contributed by atoms with Gasteiger partial charge < -0.3 is 4.42 Å². The van der Waals surface area contributed by atoms with Gasteiger partial charge in [-0.2, -0.15) is 0 Å². The van der Waals surface area contributed by atoms with Gasteiger partial charge in [0.15, 0.2) is 15.1 Å². The third-order valence-electron chi connectivity index (χ3n) is 1.60. The van der Waals surface area contributed by atoms with Crippen LogP contribution >= 0.6 is 15.1 Å². The van der Waals surface area contributed by atoms with Crippen LogP contribution in [0.15, 0.2) is 10.5 Å². The van der Waals surface area contributed by atoms with E-state index in [2.05, 4.69) is 38.9 Å². The molecule has 0 N–H and O–H groups in total. The lowest BCUT2D eigenvalue weighted by atomic mass is 10.4. The van der Waals surface area contributed by atoms with Gasteiger partial charge in [-0.3, -0.25) is 0 Å². The molecule has 0 aliphatic carbocycles. The predicted octanol–water partition coefficient (Wildman–Crippen LogP) is 1.93. The average Bonchev–Trinajstić information content (AvgIpc) is 2.30. The van der Waals surface area contributed by atoms with Crippen LogP contribution in [0, 0.1) is 6.92 Å². The van der Waals surface area contributed by atoms with E-state index < -0.39 is 0 Å². The molecule has 0 aromatic carbocycles. The Bertz CT molecular complexity index is 336. The number of aryl methyl sites for hydroxylation is 1. The summed E-state index contributed by atoms with van der Waals surface area (Å²) in [6.07, 6.45) is 7.98. The molecule has 0 saturated carbocycles. The molecule has 0 fully saturated rings. The van der Waals surface area contributed by atoms with Crippen molar-refractivity contribution in [2.75, 3.05) is 13.3 Å². The average molecular weight is 200 g/mol. The van der Waals surface area contributed by atoms with E-state index in [1.165, 1.54) is 5.56 Å². The van der Waals surface area contributed by atoms with Gasteiger partial charge in [-0.1, -0.05) is 0 Å². The van der Waals surface area contributed by atoms with Crippen LogP contribution in [0.5, 0.6) is 0 Å². The van der Waals surface area contributed by atoms with Crippen LogP contribution in [0.3, 0.4) is 0 Å². The second-order valence-corrected chi connectivity index (χ2v) is 6.61. The van der Waals surface area contributed by atoms with E-state index in [-0.39, 0.29) is 15.1 Å². The van der Waals surface area contributed by atoms with Gasteiger partial charge in [-0.05, 0) is 6.92 Å². The molecular weight excluding hydrogens is 186 g/mol. The van der Waals surface area contributed by atoms with Gasteiger partial charge in [-0.25, -0.2) is 0 Å². The summed E-state index contributed by atoms with van der Waals surface area (Å²) in [5.74, 6) is 0. The summed E-state index contributed by atoms with van der Waals surface area (Å²) < 4.78 is 5.67. The fourth-order valence-corrected chi connectivity index (χ4v) is 2.68. The van der Waals surface area contributed by atoms with E-state index in [1.54, 1.807) is 0 Å². The zero-order chi connectivity index (χ0) is 9.30. The summed E-state index contributed by atoms with van der Waals surface area (Å²) in [6, 6.07) is 2.10. The van der Waals surface area contributed by atoms with Crippen LogP contribution in [-0.4, -0.2) is 25.9 Å². The molecule has 64 valence electrons. The van der Waals surface area contributed by atoms with Crippen LogP contribution in [0.2, 0.25) is 0 Å².